The van der Waals surface area contributed by atoms with Gasteiger partial charge in [0, 0.05) is 30.8 Å². The van der Waals surface area contributed by atoms with Gasteiger partial charge in [0.2, 0.25) is 5.91 Å². The molecule has 9 nitrogen and oxygen atoms in total. The number of nitrogens with zero attached hydrogens (tertiary/aromatic N) is 4. The van der Waals surface area contributed by atoms with Crippen molar-refractivity contribution in [2.75, 3.05) is 32.6 Å². The SMILES string of the molecule is C=CC(=O)N1CCC(Nc2ncnc3[nH]nc(C#Cc4cc(OC)cc(OC)c4)c23)CC1. The molecule has 164 valence electrons. The van der Waals surface area contributed by atoms with E-state index in [4.69, 9.17) is 9.47 Å². The second-order valence-electron chi connectivity index (χ2n) is 7.32. The number of nitrogens with one attached hydrogen (secondary N) is 2. The van der Waals surface area contributed by atoms with Gasteiger partial charge >= 0.3 is 0 Å². The molecule has 3 heterocycles. The van der Waals surface area contributed by atoms with Crippen LogP contribution in [0.5, 0.6) is 11.5 Å². The van der Waals surface area contributed by atoms with Gasteiger partial charge in [0.1, 0.15) is 29.3 Å². The summed E-state index contributed by atoms with van der Waals surface area (Å²) in [5.41, 5.74) is 1.89. The fourth-order valence-corrected chi connectivity index (χ4v) is 3.64. The van der Waals surface area contributed by atoms with Gasteiger partial charge < -0.3 is 19.7 Å². The first-order valence-electron chi connectivity index (χ1n) is 10.2. The van der Waals surface area contributed by atoms with Crippen molar-refractivity contribution in [1.82, 2.24) is 25.1 Å². The molecule has 0 unspecified atom stereocenters. The molecule has 0 spiro atoms. The average Bonchev–Trinajstić information content (AvgIpc) is 3.26. The normalized spacial score (nSPS) is 13.9. The lowest BCUT2D eigenvalue weighted by atomic mass is 10.0. The number of aromatic amines is 1. The van der Waals surface area contributed by atoms with E-state index < -0.39 is 0 Å². The number of carbonyl (C=O) groups is 1. The van der Waals surface area contributed by atoms with Crippen LogP contribution in [0.1, 0.15) is 24.1 Å². The Morgan fingerprint density at radius 1 is 1.19 bits per heavy atom. The molecule has 1 amide bonds. The van der Waals surface area contributed by atoms with E-state index in [1.165, 1.54) is 12.4 Å². The summed E-state index contributed by atoms with van der Waals surface area (Å²) in [7, 11) is 3.19. The highest BCUT2D eigenvalue weighted by Gasteiger charge is 2.23. The second kappa shape index (κ2) is 9.39. The van der Waals surface area contributed by atoms with Crippen molar-refractivity contribution in [3.63, 3.8) is 0 Å². The van der Waals surface area contributed by atoms with Crippen LogP contribution in [-0.4, -0.2) is 64.3 Å². The molecule has 0 atom stereocenters. The molecule has 1 saturated heterocycles. The molecule has 1 aliphatic rings. The van der Waals surface area contributed by atoms with Crippen LogP contribution in [0.3, 0.4) is 0 Å². The minimum absolute atomic E-state index is 0.0329. The number of ether oxygens (including phenoxy) is 2. The van der Waals surface area contributed by atoms with E-state index in [1.54, 1.807) is 25.2 Å². The van der Waals surface area contributed by atoms with Crippen LogP contribution >= 0.6 is 0 Å². The number of benzene rings is 1. The molecule has 9 heteroatoms. The summed E-state index contributed by atoms with van der Waals surface area (Å²) in [6.07, 6.45) is 4.47. The number of H-pyrrole nitrogens is 1. The first kappa shape index (κ1) is 21.2. The molecule has 1 aromatic carbocycles. The number of hydrogen-bond donors (Lipinski definition) is 2. The van der Waals surface area contributed by atoms with Gasteiger partial charge in [-0.1, -0.05) is 12.5 Å². The molecule has 0 radical (unpaired) electrons. The summed E-state index contributed by atoms with van der Waals surface area (Å²) >= 11 is 0. The summed E-state index contributed by atoms with van der Waals surface area (Å²) in [5.74, 6) is 8.18. The minimum atomic E-state index is -0.0329. The molecule has 2 aromatic heterocycles. The van der Waals surface area contributed by atoms with E-state index in [-0.39, 0.29) is 11.9 Å². The Morgan fingerprint density at radius 2 is 1.91 bits per heavy atom. The zero-order chi connectivity index (χ0) is 22.5. The average molecular weight is 432 g/mol. The van der Waals surface area contributed by atoms with Crippen LogP contribution in [0.25, 0.3) is 11.0 Å². The topological polar surface area (TPSA) is 105 Å². The lowest BCUT2D eigenvalue weighted by Crippen LogP contribution is -2.41. The standard InChI is InChI=1S/C23H24N6O3/c1-4-20(30)29-9-7-16(8-10-29)26-22-21-19(27-28-23(21)25-14-24-22)6-5-15-11-17(31-2)13-18(12-15)32-3/h4,11-14,16H,1,7-10H2,2-3H3,(H2,24,25,26,27,28). The third kappa shape index (κ3) is 4.49. The van der Waals surface area contributed by atoms with Gasteiger partial charge in [-0.2, -0.15) is 5.10 Å². The Morgan fingerprint density at radius 3 is 2.56 bits per heavy atom. The maximum atomic E-state index is 11.8. The van der Waals surface area contributed by atoms with Gasteiger partial charge in [-0.3, -0.25) is 9.89 Å². The largest absolute Gasteiger partial charge is 0.497 e. The van der Waals surface area contributed by atoms with Crippen LogP contribution in [0, 0.1) is 11.8 Å². The Hall–Kier alpha value is -4.06. The van der Waals surface area contributed by atoms with Gasteiger partial charge in [0.25, 0.3) is 0 Å². The van der Waals surface area contributed by atoms with Gasteiger partial charge in [0.05, 0.1) is 19.6 Å². The third-order valence-electron chi connectivity index (χ3n) is 5.36. The molecule has 3 aromatic rings. The Kier molecular flexibility index (Phi) is 6.22. The highest BCUT2D eigenvalue weighted by atomic mass is 16.5. The van der Waals surface area contributed by atoms with Gasteiger partial charge in [-0.15, -0.1) is 0 Å². The predicted octanol–water partition coefficient (Wildman–Crippen LogP) is 2.36. The van der Waals surface area contributed by atoms with Crippen molar-refractivity contribution in [2.24, 2.45) is 0 Å². The van der Waals surface area contributed by atoms with Gasteiger partial charge in [-0.25, -0.2) is 9.97 Å². The molecule has 2 N–H and O–H groups in total. The monoisotopic (exact) mass is 432 g/mol. The number of anilines is 1. The van der Waals surface area contributed by atoms with Crippen LogP contribution in [0.15, 0.2) is 37.2 Å². The number of fused-ring (bicyclic) bond motifs is 1. The smallest absolute Gasteiger partial charge is 0.245 e. The lowest BCUT2D eigenvalue weighted by molar-refractivity contribution is -0.126. The molecule has 4 rings (SSSR count). The zero-order valence-electron chi connectivity index (χ0n) is 18.0. The molecule has 1 aliphatic heterocycles. The number of aromatic nitrogens is 4. The lowest BCUT2D eigenvalue weighted by Gasteiger charge is -2.32. The molecule has 1 fully saturated rings. The Balaban J connectivity index is 1.58. The van der Waals surface area contributed by atoms with E-state index in [1.807, 2.05) is 12.1 Å². The molecule has 32 heavy (non-hydrogen) atoms. The Labute approximate surface area is 185 Å². The number of likely N-dealkylation sites (tertiary alicyclic amines) is 1. The van der Waals surface area contributed by atoms with Crippen molar-refractivity contribution < 1.29 is 14.3 Å². The first-order valence-corrected chi connectivity index (χ1v) is 10.2. The van der Waals surface area contributed by atoms with Crippen LogP contribution < -0.4 is 14.8 Å². The summed E-state index contributed by atoms with van der Waals surface area (Å²) in [6.45, 7) is 4.90. The number of rotatable bonds is 5. The van der Waals surface area contributed by atoms with Crippen molar-refractivity contribution in [3.8, 4) is 23.3 Å². The molecule has 0 bridgehead atoms. The second-order valence-corrected chi connectivity index (χ2v) is 7.32. The first-order chi connectivity index (χ1) is 15.6. The van der Waals surface area contributed by atoms with Gasteiger partial charge in [-0.05, 0) is 37.0 Å². The zero-order valence-corrected chi connectivity index (χ0v) is 18.0. The summed E-state index contributed by atoms with van der Waals surface area (Å²) < 4.78 is 10.6. The number of methoxy groups -OCH3 is 2. The molecule has 0 saturated carbocycles. The van der Waals surface area contributed by atoms with E-state index in [2.05, 4.69) is 43.9 Å². The van der Waals surface area contributed by atoms with Crippen molar-refractivity contribution in [1.29, 1.82) is 0 Å². The van der Waals surface area contributed by atoms with Crippen LogP contribution in [-0.2, 0) is 4.79 Å². The van der Waals surface area contributed by atoms with Crippen molar-refractivity contribution in [3.05, 3.63) is 48.4 Å². The quantitative estimate of drug-likeness (QED) is 0.471. The molecule has 0 aliphatic carbocycles. The van der Waals surface area contributed by atoms with Gasteiger partial charge in [0.15, 0.2) is 5.65 Å². The van der Waals surface area contributed by atoms with Crippen molar-refractivity contribution >= 4 is 22.8 Å². The predicted molar refractivity (Wildman–Crippen MR) is 121 cm³/mol. The maximum absolute atomic E-state index is 11.8. The highest BCUT2D eigenvalue weighted by Crippen LogP contribution is 2.25. The number of piperidine rings is 1. The van der Waals surface area contributed by atoms with E-state index >= 15 is 0 Å². The Bertz CT molecular complexity index is 1180. The fraction of sp³-hybridized carbons (Fsp3) is 0.304. The van der Waals surface area contributed by atoms with E-state index in [9.17, 15) is 4.79 Å². The molecular weight excluding hydrogens is 408 g/mol. The van der Waals surface area contributed by atoms with Crippen LogP contribution in [0.2, 0.25) is 0 Å². The third-order valence-corrected chi connectivity index (χ3v) is 5.36. The number of hydrogen-bond acceptors (Lipinski definition) is 7. The minimum Gasteiger partial charge on any atom is -0.497 e. The number of carbonyl (C=O) groups excluding carboxylic acids is 1. The van der Waals surface area contributed by atoms with E-state index in [0.29, 0.717) is 41.7 Å². The summed E-state index contributed by atoms with van der Waals surface area (Å²) in [4.78, 5) is 22.3. The number of amides is 1. The van der Waals surface area contributed by atoms with Crippen molar-refractivity contribution in [2.45, 2.75) is 18.9 Å². The van der Waals surface area contributed by atoms with E-state index in [0.717, 1.165) is 23.8 Å². The summed E-state index contributed by atoms with van der Waals surface area (Å²) in [5, 5.41) is 11.5. The fourth-order valence-electron chi connectivity index (χ4n) is 3.64. The summed E-state index contributed by atoms with van der Waals surface area (Å²) in [6, 6.07) is 5.63. The van der Waals surface area contributed by atoms with Crippen LogP contribution in [0.4, 0.5) is 5.82 Å². The highest BCUT2D eigenvalue weighted by molar-refractivity contribution is 5.91. The molecular formula is C23H24N6O3. The maximum Gasteiger partial charge on any atom is 0.245 e.